The molecule has 0 atom stereocenters. The number of benzene rings is 1. The second-order valence-corrected chi connectivity index (χ2v) is 7.51. The number of aryl methyl sites for hydroxylation is 1. The van der Waals surface area contributed by atoms with E-state index >= 15 is 0 Å². The Morgan fingerprint density at radius 1 is 1.13 bits per heavy atom. The first-order valence-corrected chi connectivity index (χ1v) is 10.2. The van der Waals surface area contributed by atoms with Crippen LogP contribution in [0.3, 0.4) is 0 Å². The molecule has 0 fully saturated rings. The molecule has 5 rings (SSSR count). The van der Waals surface area contributed by atoms with E-state index in [0.717, 1.165) is 25.8 Å². The molecule has 0 saturated carbocycles. The monoisotopic (exact) mass is 402 g/mol. The second kappa shape index (κ2) is 7.70. The van der Waals surface area contributed by atoms with Gasteiger partial charge in [-0.2, -0.15) is 4.98 Å². The van der Waals surface area contributed by atoms with Crippen LogP contribution in [0.15, 0.2) is 47.1 Å². The average Bonchev–Trinajstić information content (AvgIpc) is 3.41. The Morgan fingerprint density at radius 2 is 2.00 bits per heavy atom. The molecular weight excluding hydrogens is 380 g/mol. The molecule has 1 aromatic carbocycles. The van der Waals surface area contributed by atoms with Gasteiger partial charge in [-0.1, -0.05) is 36.3 Å². The van der Waals surface area contributed by atoms with Crippen molar-refractivity contribution in [3.8, 4) is 11.5 Å². The summed E-state index contributed by atoms with van der Waals surface area (Å²) < 4.78 is 7.24. The molecule has 0 radical (unpaired) electrons. The molecule has 0 unspecified atom stereocenters. The van der Waals surface area contributed by atoms with E-state index in [1.165, 1.54) is 11.1 Å². The molecule has 30 heavy (non-hydrogen) atoms. The lowest BCUT2D eigenvalue weighted by Crippen LogP contribution is -2.37. The summed E-state index contributed by atoms with van der Waals surface area (Å²) in [4.78, 5) is 19.3. The number of pyridine rings is 1. The number of nitrogens with zero attached hydrogens (tertiary/aromatic N) is 6. The van der Waals surface area contributed by atoms with E-state index in [0.29, 0.717) is 35.3 Å². The summed E-state index contributed by atoms with van der Waals surface area (Å²) in [6.45, 7) is 3.43. The van der Waals surface area contributed by atoms with E-state index in [9.17, 15) is 4.79 Å². The van der Waals surface area contributed by atoms with Crippen LogP contribution in [-0.2, 0) is 30.6 Å². The molecule has 8 heteroatoms. The van der Waals surface area contributed by atoms with Crippen molar-refractivity contribution < 1.29 is 9.32 Å². The van der Waals surface area contributed by atoms with Gasteiger partial charge in [0, 0.05) is 25.7 Å². The van der Waals surface area contributed by atoms with Crippen LogP contribution in [0.2, 0.25) is 0 Å². The Bertz CT molecular complexity index is 1210. The van der Waals surface area contributed by atoms with E-state index in [4.69, 9.17) is 4.52 Å². The maximum atomic E-state index is 13.0. The molecule has 152 valence electrons. The van der Waals surface area contributed by atoms with Crippen LogP contribution in [0, 0.1) is 0 Å². The fraction of sp³-hybridized carbons (Fsp3) is 0.318. The zero-order chi connectivity index (χ0) is 20.5. The zero-order valence-corrected chi connectivity index (χ0v) is 16.8. The zero-order valence-electron chi connectivity index (χ0n) is 16.8. The lowest BCUT2D eigenvalue weighted by atomic mass is 10.00. The number of aromatic nitrogens is 5. The maximum Gasteiger partial charge on any atom is 0.261 e. The summed E-state index contributed by atoms with van der Waals surface area (Å²) in [6, 6.07) is 12.0. The Hall–Kier alpha value is -3.55. The highest BCUT2D eigenvalue weighted by Gasteiger charge is 2.23. The predicted octanol–water partition coefficient (Wildman–Crippen LogP) is 2.86. The molecule has 1 aliphatic rings. The number of hydrogen-bond acceptors (Lipinski definition) is 6. The first-order chi connectivity index (χ1) is 14.7. The summed E-state index contributed by atoms with van der Waals surface area (Å²) in [5.41, 5.74) is 3.85. The van der Waals surface area contributed by atoms with Crippen LogP contribution in [0.25, 0.3) is 17.1 Å². The third kappa shape index (κ3) is 3.34. The van der Waals surface area contributed by atoms with Gasteiger partial charge in [0.05, 0.1) is 12.0 Å². The molecule has 4 aromatic rings. The molecular formula is C22H22N6O2. The molecule has 4 heterocycles. The van der Waals surface area contributed by atoms with Crippen LogP contribution < -0.4 is 0 Å². The van der Waals surface area contributed by atoms with Crippen molar-refractivity contribution in [3.63, 3.8) is 0 Å². The number of amides is 1. The minimum atomic E-state index is 0.0484. The Balaban J connectivity index is 1.38. The third-order valence-corrected chi connectivity index (χ3v) is 5.47. The molecule has 1 aliphatic heterocycles. The quantitative estimate of drug-likeness (QED) is 0.510. The van der Waals surface area contributed by atoms with Crippen molar-refractivity contribution in [2.75, 3.05) is 6.54 Å². The van der Waals surface area contributed by atoms with Crippen LogP contribution in [0.5, 0.6) is 0 Å². The number of carbonyl (C=O) groups is 1. The first kappa shape index (κ1) is 18.5. The summed E-state index contributed by atoms with van der Waals surface area (Å²) in [7, 11) is 0. The maximum absolute atomic E-state index is 13.0. The van der Waals surface area contributed by atoms with Crippen molar-refractivity contribution in [1.82, 2.24) is 29.6 Å². The van der Waals surface area contributed by atoms with Crippen LogP contribution in [0.1, 0.15) is 36.1 Å². The van der Waals surface area contributed by atoms with E-state index in [-0.39, 0.29) is 12.3 Å². The van der Waals surface area contributed by atoms with E-state index in [1.54, 1.807) is 0 Å². The van der Waals surface area contributed by atoms with Gasteiger partial charge >= 0.3 is 0 Å². The van der Waals surface area contributed by atoms with Crippen molar-refractivity contribution in [3.05, 3.63) is 65.4 Å². The second-order valence-electron chi connectivity index (χ2n) is 7.51. The first-order valence-electron chi connectivity index (χ1n) is 10.2. The minimum absolute atomic E-state index is 0.0484. The topological polar surface area (TPSA) is 89.4 Å². The van der Waals surface area contributed by atoms with Gasteiger partial charge in [-0.15, -0.1) is 10.2 Å². The number of carbonyl (C=O) groups excluding carboxylic acids is 1. The molecule has 8 nitrogen and oxygen atoms in total. The van der Waals surface area contributed by atoms with Crippen molar-refractivity contribution >= 4 is 11.6 Å². The van der Waals surface area contributed by atoms with Crippen molar-refractivity contribution in [2.24, 2.45) is 0 Å². The molecule has 0 spiro atoms. The van der Waals surface area contributed by atoms with Gasteiger partial charge in [-0.25, -0.2) is 0 Å². The van der Waals surface area contributed by atoms with Crippen molar-refractivity contribution in [1.29, 1.82) is 0 Å². The molecule has 0 aliphatic carbocycles. The fourth-order valence-electron chi connectivity index (χ4n) is 3.90. The Labute approximate surface area is 173 Å². The number of rotatable bonds is 5. The lowest BCUT2D eigenvalue weighted by Gasteiger charge is -2.28. The summed E-state index contributed by atoms with van der Waals surface area (Å²) in [5, 5.41) is 12.6. The van der Waals surface area contributed by atoms with Gasteiger partial charge in [0.2, 0.25) is 5.91 Å². The summed E-state index contributed by atoms with van der Waals surface area (Å²) in [5.74, 6) is 1.74. The van der Waals surface area contributed by atoms with Gasteiger partial charge in [-0.3, -0.25) is 9.20 Å². The van der Waals surface area contributed by atoms with Crippen LogP contribution >= 0.6 is 0 Å². The number of fused-ring (bicyclic) bond motifs is 2. The molecule has 0 N–H and O–H groups in total. The predicted molar refractivity (Wildman–Crippen MR) is 110 cm³/mol. The minimum Gasteiger partial charge on any atom is -0.338 e. The van der Waals surface area contributed by atoms with Gasteiger partial charge in [0.25, 0.3) is 5.89 Å². The van der Waals surface area contributed by atoms with Gasteiger partial charge < -0.3 is 9.42 Å². The fourth-order valence-corrected chi connectivity index (χ4v) is 3.90. The van der Waals surface area contributed by atoms with Gasteiger partial charge in [-0.05, 0) is 36.1 Å². The highest BCUT2D eigenvalue weighted by Crippen LogP contribution is 2.23. The lowest BCUT2D eigenvalue weighted by molar-refractivity contribution is -0.131. The van der Waals surface area contributed by atoms with E-state index < -0.39 is 0 Å². The highest BCUT2D eigenvalue weighted by molar-refractivity contribution is 5.79. The largest absolute Gasteiger partial charge is 0.338 e. The van der Waals surface area contributed by atoms with Crippen LogP contribution in [-0.4, -0.2) is 42.1 Å². The summed E-state index contributed by atoms with van der Waals surface area (Å²) >= 11 is 0. The van der Waals surface area contributed by atoms with Crippen molar-refractivity contribution in [2.45, 2.75) is 39.2 Å². The Kier molecular flexibility index (Phi) is 4.74. The van der Waals surface area contributed by atoms with E-state index in [1.807, 2.05) is 39.8 Å². The van der Waals surface area contributed by atoms with Crippen LogP contribution in [0.4, 0.5) is 0 Å². The summed E-state index contributed by atoms with van der Waals surface area (Å²) in [6.07, 6.45) is 4.64. The number of hydrogen-bond donors (Lipinski definition) is 0. The molecule has 1 amide bonds. The molecule has 0 saturated heterocycles. The smallest absolute Gasteiger partial charge is 0.261 e. The standard InChI is InChI=1S/C22H22N6O2/c1-2-6-18-23-22(30-26-18)17-9-5-11-28-19(24-25-21(17)28)13-20(29)27-12-10-15-7-3-4-8-16(15)14-27/h3-5,7-9,11H,2,6,10,12-14H2,1H3. The van der Waals surface area contributed by atoms with E-state index in [2.05, 4.69) is 39.4 Å². The van der Waals surface area contributed by atoms with Gasteiger partial charge in [0.15, 0.2) is 11.5 Å². The normalized spacial score (nSPS) is 13.6. The average molecular weight is 402 g/mol. The molecule has 3 aromatic heterocycles. The Morgan fingerprint density at radius 3 is 2.87 bits per heavy atom. The SMILES string of the molecule is CCCc1noc(-c2cccn3c(CC(=O)N4CCc5ccccc5C4)nnc23)n1. The third-order valence-electron chi connectivity index (χ3n) is 5.47. The van der Waals surface area contributed by atoms with Gasteiger partial charge in [0.1, 0.15) is 5.82 Å². The highest BCUT2D eigenvalue weighted by atomic mass is 16.5. The molecule has 0 bridgehead atoms.